The molecule has 82 valence electrons. The van der Waals surface area contributed by atoms with Crippen LogP contribution in [0.3, 0.4) is 0 Å². The van der Waals surface area contributed by atoms with Crippen molar-refractivity contribution in [2.45, 2.75) is 6.42 Å². The molecule has 2 nitrogen and oxygen atoms in total. The molecule has 2 rings (SSSR count). The van der Waals surface area contributed by atoms with E-state index in [0.717, 1.165) is 4.47 Å². The van der Waals surface area contributed by atoms with Gasteiger partial charge in [0.15, 0.2) is 5.78 Å². The maximum atomic E-state index is 13.0. The van der Waals surface area contributed by atoms with Crippen LogP contribution < -0.4 is 0 Å². The first-order valence-electron chi connectivity index (χ1n) is 4.52. The van der Waals surface area contributed by atoms with Crippen molar-refractivity contribution < 1.29 is 9.18 Å². The van der Waals surface area contributed by atoms with E-state index in [1.54, 1.807) is 17.0 Å². The molecule has 0 aliphatic carbocycles. The van der Waals surface area contributed by atoms with Crippen molar-refractivity contribution in [1.29, 1.82) is 0 Å². The summed E-state index contributed by atoms with van der Waals surface area (Å²) in [7, 11) is 0. The summed E-state index contributed by atoms with van der Waals surface area (Å²) in [5.41, 5.74) is 2.67. The van der Waals surface area contributed by atoms with Crippen LogP contribution in [0.5, 0.6) is 0 Å². The summed E-state index contributed by atoms with van der Waals surface area (Å²) in [6, 6.07) is 4.30. The molecule has 0 aliphatic heterocycles. The Hall–Kier alpha value is -1.07. The average Bonchev–Trinajstić information content (AvgIpc) is 2.76. The molecule has 2 aromatic rings. The van der Waals surface area contributed by atoms with E-state index in [9.17, 15) is 9.18 Å². The summed E-state index contributed by atoms with van der Waals surface area (Å²) in [5.74, 6) is -0.447. The molecule has 16 heavy (non-hydrogen) atoms. The predicted molar refractivity (Wildman–Crippen MR) is 64.2 cm³/mol. The third kappa shape index (κ3) is 2.54. The zero-order valence-corrected chi connectivity index (χ0v) is 10.5. The minimum absolute atomic E-state index is 0.104. The lowest BCUT2D eigenvalue weighted by Crippen LogP contribution is -2.04. The van der Waals surface area contributed by atoms with E-state index in [1.807, 2.05) is 0 Å². The Kier molecular flexibility index (Phi) is 3.46. The summed E-state index contributed by atoms with van der Waals surface area (Å²) >= 11 is 4.65. The van der Waals surface area contributed by atoms with Crippen molar-refractivity contribution in [2.75, 3.05) is 0 Å². The number of carbonyl (C=O) groups excluding carboxylic acids is 1. The highest BCUT2D eigenvalue weighted by Crippen LogP contribution is 2.19. The second-order valence-corrected chi connectivity index (χ2v) is 4.78. The Bertz CT molecular complexity index is 513. The van der Waals surface area contributed by atoms with Gasteiger partial charge in [-0.1, -0.05) is 15.9 Å². The topological polar surface area (TPSA) is 30.0 Å². The lowest BCUT2D eigenvalue weighted by molar-refractivity contribution is 0.0988. The van der Waals surface area contributed by atoms with Crippen LogP contribution in [0.4, 0.5) is 4.39 Å². The fourth-order valence-corrected chi connectivity index (χ4v) is 2.24. The second-order valence-electron chi connectivity index (χ2n) is 3.21. The SMILES string of the molecule is O=C(Cc1cc(F)ccc1Br)c1cscn1. The Balaban J connectivity index is 2.21. The molecule has 0 atom stereocenters. The number of halogens is 2. The van der Waals surface area contributed by atoms with E-state index in [2.05, 4.69) is 20.9 Å². The molecule has 0 saturated heterocycles. The Labute approximate surface area is 104 Å². The van der Waals surface area contributed by atoms with Crippen molar-refractivity contribution in [3.05, 3.63) is 50.6 Å². The van der Waals surface area contributed by atoms with Gasteiger partial charge in [0.2, 0.25) is 0 Å². The molecular formula is C11H7BrFNOS. The zero-order valence-electron chi connectivity index (χ0n) is 8.11. The first kappa shape index (κ1) is 11.4. The van der Waals surface area contributed by atoms with Gasteiger partial charge in [-0.3, -0.25) is 4.79 Å². The van der Waals surface area contributed by atoms with Gasteiger partial charge >= 0.3 is 0 Å². The summed E-state index contributed by atoms with van der Waals surface area (Å²) in [6.45, 7) is 0. The molecule has 0 spiro atoms. The van der Waals surface area contributed by atoms with Crippen LogP contribution in [-0.2, 0) is 6.42 Å². The molecule has 0 bridgehead atoms. The average molecular weight is 300 g/mol. The maximum Gasteiger partial charge on any atom is 0.186 e. The normalized spacial score (nSPS) is 10.4. The number of aromatic nitrogens is 1. The molecule has 1 heterocycles. The van der Waals surface area contributed by atoms with Crippen LogP contribution in [-0.4, -0.2) is 10.8 Å². The van der Waals surface area contributed by atoms with Crippen LogP contribution in [0, 0.1) is 5.82 Å². The van der Waals surface area contributed by atoms with Crippen molar-refractivity contribution in [3.8, 4) is 0 Å². The highest BCUT2D eigenvalue weighted by Gasteiger charge is 2.11. The van der Waals surface area contributed by atoms with E-state index in [4.69, 9.17) is 0 Å². The molecule has 0 unspecified atom stereocenters. The monoisotopic (exact) mass is 299 g/mol. The van der Waals surface area contributed by atoms with E-state index >= 15 is 0 Å². The van der Waals surface area contributed by atoms with E-state index in [0.29, 0.717) is 11.3 Å². The Morgan fingerprint density at radius 3 is 3.00 bits per heavy atom. The number of hydrogen-bond donors (Lipinski definition) is 0. The Morgan fingerprint density at radius 1 is 1.50 bits per heavy atom. The van der Waals surface area contributed by atoms with Gasteiger partial charge in [0.25, 0.3) is 0 Å². The summed E-state index contributed by atoms with van der Waals surface area (Å²) in [5, 5.41) is 1.69. The number of nitrogens with zero attached hydrogens (tertiary/aromatic N) is 1. The van der Waals surface area contributed by atoms with Gasteiger partial charge in [0.1, 0.15) is 11.5 Å². The van der Waals surface area contributed by atoms with Crippen LogP contribution in [0.1, 0.15) is 16.1 Å². The smallest absolute Gasteiger partial charge is 0.186 e. The number of hydrogen-bond acceptors (Lipinski definition) is 3. The molecule has 0 aliphatic rings. The minimum Gasteiger partial charge on any atom is -0.292 e. The summed E-state index contributed by atoms with van der Waals surface area (Å²) < 4.78 is 13.7. The van der Waals surface area contributed by atoms with E-state index in [-0.39, 0.29) is 18.0 Å². The largest absolute Gasteiger partial charge is 0.292 e. The highest BCUT2D eigenvalue weighted by atomic mass is 79.9. The molecular weight excluding hydrogens is 293 g/mol. The quantitative estimate of drug-likeness (QED) is 0.812. The number of Topliss-reactive ketones (excluding diaryl/α,β-unsaturated/α-hetero) is 1. The lowest BCUT2D eigenvalue weighted by atomic mass is 10.1. The van der Waals surface area contributed by atoms with Gasteiger partial charge in [-0.2, -0.15) is 0 Å². The molecule has 0 fully saturated rings. The van der Waals surface area contributed by atoms with Crippen LogP contribution >= 0.6 is 27.3 Å². The lowest BCUT2D eigenvalue weighted by Gasteiger charge is -2.02. The van der Waals surface area contributed by atoms with E-state index in [1.165, 1.54) is 23.5 Å². The first-order valence-corrected chi connectivity index (χ1v) is 6.25. The summed E-state index contributed by atoms with van der Waals surface area (Å²) in [6.07, 6.45) is 0.155. The highest BCUT2D eigenvalue weighted by molar-refractivity contribution is 9.10. The second kappa shape index (κ2) is 4.84. The zero-order chi connectivity index (χ0) is 11.5. The standard InChI is InChI=1S/C11H7BrFNOS/c12-9-2-1-8(13)3-7(9)4-11(15)10-5-16-6-14-10/h1-3,5-6H,4H2. The van der Waals surface area contributed by atoms with Crippen molar-refractivity contribution in [3.63, 3.8) is 0 Å². The van der Waals surface area contributed by atoms with Crippen LogP contribution in [0.15, 0.2) is 33.6 Å². The van der Waals surface area contributed by atoms with Gasteiger partial charge in [-0.25, -0.2) is 9.37 Å². The molecule has 1 aromatic carbocycles. The molecule has 0 saturated carbocycles. The molecule has 0 radical (unpaired) electrons. The van der Waals surface area contributed by atoms with Crippen LogP contribution in [0.2, 0.25) is 0 Å². The summed E-state index contributed by atoms with van der Waals surface area (Å²) in [4.78, 5) is 15.7. The number of carbonyl (C=O) groups is 1. The fraction of sp³-hybridized carbons (Fsp3) is 0.0909. The third-order valence-electron chi connectivity index (χ3n) is 2.08. The number of rotatable bonds is 3. The van der Waals surface area contributed by atoms with Crippen molar-refractivity contribution in [1.82, 2.24) is 4.98 Å². The molecule has 0 N–H and O–H groups in total. The first-order chi connectivity index (χ1) is 7.66. The van der Waals surface area contributed by atoms with Crippen molar-refractivity contribution in [2.24, 2.45) is 0 Å². The minimum atomic E-state index is -0.343. The third-order valence-corrected chi connectivity index (χ3v) is 3.44. The van der Waals surface area contributed by atoms with E-state index < -0.39 is 0 Å². The van der Waals surface area contributed by atoms with Crippen molar-refractivity contribution >= 4 is 33.0 Å². The number of thiazole rings is 1. The van der Waals surface area contributed by atoms with Gasteiger partial charge in [0.05, 0.1) is 5.51 Å². The number of benzene rings is 1. The van der Waals surface area contributed by atoms with Gasteiger partial charge < -0.3 is 0 Å². The maximum absolute atomic E-state index is 13.0. The number of ketones is 1. The van der Waals surface area contributed by atoms with Gasteiger partial charge in [0, 0.05) is 16.3 Å². The van der Waals surface area contributed by atoms with Crippen LogP contribution in [0.25, 0.3) is 0 Å². The van der Waals surface area contributed by atoms with Gasteiger partial charge in [-0.15, -0.1) is 11.3 Å². The molecule has 1 aromatic heterocycles. The Morgan fingerprint density at radius 2 is 2.31 bits per heavy atom. The predicted octanol–water partition coefficient (Wildman–Crippen LogP) is 3.47. The van der Waals surface area contributed by atoms with Gasteiger partial charge in [-0.05, 0) is 23.8 Å². The fourth-order valence-electron chi connectivity index (χ4n) is 1.29. The molecule has 5 heteroatoms. The molecule has 0 amide bonds.